The Morgan fingerprint density at radius 1 is 1.27 bits per heavy atom. The molecule has 2 heterocycles. The summed E-state index contributed by atoms with van der Waals surface area (Å²) in [5.41, 5.74) is 2.16. The molecule has 0 radical (unpaired) electrons. The zero-order valence-electron chi connectivity index (χ0n) is 18.3. The van der Waals surface area contributed by atoms with Gasteiger partial charge in [-0.25, -0.2) is 13.6 Å². The first-order valence-electron chi connectivity index (χ1n) is 10.6. The van der Waals surface area contributed by atoms with Crippen LogP contribution in [0.15, 0.2) is 41.3 Å². The Labute approximate surface area is 204 Å². The van der Waals surface area contributed by atoms with E-state index in [2.05, 4.69) is 15.0 Å². The van der Waals surface area contributed by atoms with E-state index >= 15 is 0 Å². The number of nitrogens with zero attached hydrogens (tertiary/aromatic N) is 1. The highest BCUT2D eigenvalue weighted by Crippen LogP contribution is 2.37. The number of hydrogen-bond donors (Lipinski definition) is 2. The number of benzene rings is 2. The fourth-order valence-electron chi connectivity index (χ4n) is 3.61. The third-order valence-corrected chi connectivity index (χ3v) is 8.04. The highest BCUT2D eigenvalue weighted by atomic mass is 35.5. The van der Waals surface area contributed by atoms with Gasteiger partial charge in [-0.2, -0.15) is 0 Å². The number of thiazole rings is 1. The zero-order chi connectivity index (χ0) is 23.4. The van der Waals surface area contributed by atoms with E-state index in [1.54, 1.807) is 17.4 Å². The molecule has 0 aliphatic carbocycles. The molecular weight excluding hydrogens is 485 g/mol. The molecule has 1 fully saturated rings. The number of aryl methyl sites for hydroxylation is 1. The van der Waals surface area contributed by atoms with E-state index in [0.29, 0.717) is 22.3 Å². The van der Waals surface area contributed by atoms with Gasteiger partial charge in [0.15, 0.2) is 16.1 Å². The number of anilines is 2. The average Bonchev–Trinajstić information content (AvgIpc) is 3.20. The lowest BCUT2D eigenvalue weighted by atomic mass is 10.0. The van der Waals surface area contributed by atoms with Gasteiger partial charge in [-0.1, -0.05) is 22.9 Å². The summed E-state index contributed by atoms with van der Waals surface area (Å²) in [5, 5.41) is 4.47. The van der Waals surface area contributed by atoms with Crippen molar-refractivity contribution >= 4 is 44.7 Å². The molecule has 176 valence electrons. The van der Waals surface area contributed by atoms with Gasteiger partial charge in [-0.05, 0) is 67.6 Å². The number of aromatic nitrogens is 1. The SMILES string of the molecule is COc1ccc(-c2sc(NCC3CCOCC3)nc2C)cc1S(=O)Nc1ccc(F)cc1Cl. The van der Waals surface area contributed by atoms with Gasteiger partial charge in [-0.15, -0.1) is 0 Å². The predicted octanol–water partition coefficient (Wildman–Crippen LogP) is 5.89. The number of hydrogen-bond acceptors (Lipinski definition) is 6. The molecule has 0 spiro atoms. The Morgan fingerprint density at radius 3 is 2.79 bits per heavy atom. The van der Waals surface area contributed by atoms with Crippen molar-refractivity contribution in [2.24, 2.45) is 5.92 Å². The van der Waals surface area contributed by atoms with E-state index in [1.807, 2.05) is 19.1 Å². The molecule has 1 aliphatic heterocycles. The summed E-state index contributed by atoms with van der Waals surface area (Å²) in [6, 6.07) is 9.41. The Morgan fingerprint density at radius 2 is 2.06 bits per heavy atom. The van der Waals surface area contributed by atoms with Crippen LogP contribution < -0.4 is 14.8 Å². The van der Waals surface area contributed by atoms with Gasteiger partial charge in [0.25, 0.3) is 0 Å². The second-order valence-corrected chi connectivity index (χ2v) is 10.3. The second-order valence-electron chi connectivity index (χ2n) is 7.73. The van der Waals surface area contributed by atoms with Crippen molar-refractivity contribution in [3.8, 4) is 16.2 Å². The molecule has 2 N–H and O–H groups in total. The van der Waals surface area contributed by atoms with Gasteiger partial charge >= 0.3 is 0 Å². The first-order chi connectivity index (χ1) is 15.9. The third-order valence-electron chi connectivity index (χ3n) is 5.44. The van der Waals surface area contributed by atoms with Gasteiger partial charge in [0.05, 0.1) is 28.4 Å². The van der Waals surface area contributed by atoms with Crippen LogP contribution in [0.25, 0.3) is 10.4 Å². The topological polar surface area (TPSA) is 72.5 Å². The Hall–Kier alpha value is -2.20. The van der Waals surface area contributed by atoms with E-state index in [9.17, 15) is 8.60 Å². The van der Waals surface area contributed by atoms with Crippen LogP contribution in [0.3, 0.4) is 0 Å². The van der Waals surface area contributed by atoms with Crippen LogP contribution in [0, 0.1) is 18.7 Å². The Balaban J connectivity index is 1.54. The first-order valence-corrected chi connectivity index (χ1v) is 12.9. The quantitative estimate of drug-likeness (QED) is 0.396. The van der Waals surface area contributed by atoms with Crippen LogP contribution in [0.1, 0.15) is 18.5 Å². The molecule has 3 aromatic rings. The molecule has 10 heteroatoms. The van der Waals surface area contributed by atoms with Gasteiger partial charge < -0.3 is 14.8 Å². The Kier molecular flexibility index (Phi) is 7.85. The lowest BCUT2D eigenvalue weighted by Crippen LogP contribution is -2.22. The summed E-state index contributed by atoms with van der Waals surface area (Å²) in [7, 11) is -0.154. The van der Waals surface area contributed by atoms with E-state index in [0.717, 1.165) is 53.9 Å². The van der Waals surface area contributed by atoms with E-state index in [4.69, 9.17) is 21.1 Å². The molecule has 1 aliphatic rings. The van der Waals surface area contributed by atoms with Crippen LogP contribution in [-0.2, 0) is 15.7 Å². The van der Waals surface area contributed by atoms with Crippen LogP contribution >= 0.6 is 22.9 Å². The molecule has 0 saturated carbocycles. The maximum absolute atomic E-state index is 13.3. The fraction of sp³-hybridized carbons (Fsp3) is 0.348. The summed E-state index contributed by atoms with van der Waals surface area (Å²) in [6.07, 6.45) is 2.12. The molecule has 1 aromatic heterocycles. The van der Waals surface area contributed by atoms with Crippen LogP contribution in [0.4, 0.5) is 15.2 Å². The molecule has 4 rings (SSSR count). The molecule has 33 heavy (non-hydrogen) atoms. The second kappa shape index (κ2) is 10.8. The van der Waals surface area contributed by atoms with Crippen molar-refractivity contribution in [3.05, 3.63) is 52.9 Å². The van der Waals surface area contributed by atoms with Crippen LogP contribution in [0.2, 0.25) is 5.02 Å². The van der Waals surface area contributed by atoms with Crippen LogP contribution in [-0.4, -0.2) is 36.1 Å². The zero-order valence-corrected chi connectivity index (χ0v) is 20.7. The summed E-state index contributed by atoms with van der Waals surface area (Å²) < 4.78 is 40.2. The maximum atomic E-state index is 13.3. The number of ether oxygens (including phenoxy) is 2. The number of halogens is 2. The van der Waals surface area contributed by atoms with Gasteiger partial charge in [0.1, 0.15) is 16.5 Å². The van der Waals surface area contributed by atoms with E-state index in [-0.39, 0.29) is 5.02 Å². The molecule has 1 unspecified atom stereocenters. The number of rotatable bonds is 8. The highest BCUT2D eigenvalue weighted by Gasteiger charge is 2.18. The van der Waals surface area contributed by atoms with Crippen molar-refractivity contribution in [2.75, 3.05) is 36.9 Å². The molecular formula is C23H25ClFN3O3S2. The van der Waals surface area contributed by atoms with E-state index < -0.39 is 16.8 Å². The van der Waals surface area contributed by atoms with Crippen LogP contribution in [0.5, 0.6) is 5.75 Å². The summed E-state index contributed by atoms with van der Waals surface area (Å²) in [4.78, 5) is 6.13. The monoisotopic (exact) mass is 509 g/mol. The highest BCUT2D eigenvalue weighted by molar-refractivity contribution is 7.86. The minimum atomic E-state index is -1.68. The smallest absolute Gasteiger partial charge is 0.183 e. The normalized spacial score (nSPS) is 15.3. The lowest BCUT2D eigenvalue weighted by molar-refractivity contribution is 0.0699. The molecule has 0 bridgehead atoms. The summed E-state index contributed by atoms with van der Waals surface area (Å²) >= 11 is 7.65. The standard InChI is InChI=1S/C23H25ClFN3O3S2/c1-14-22(32-23(27-14)26-13-15-7-9-31-10-8-15)16-3-6-20(30-2)21(11-16)33(29)28-19-5-4-17(25)12-18(19)24/h3-6,11-12,15,28H,7-10,13H2,1-2H3,(H,26,27). The minimum Gasteiger partial charge on any atom is -0.495 e. The number of nitrogens with one attached hydrogen (secondary N) is 2. The molecule has 1 saturated heterocycles. The first kappa shape index (κ1) is 23.9. The fourth-order valence-corrected chi connectivity index (χ4v) is 5.91. The maximum Gasteiger partial charge on any atom is 0.183 e. The summed E-state index contributed by atoms with van der Waals surface area (Å²) in [5.74, 6) is 0.603. The van der Waals surface area contributed by atoms with E-state index in [1.165, 1.54) is 25.3 Å². The predicted molar refractivity (Wildman–Crippen MR) is 132 cm³/mol. The molecule has 2 aromatic carbocycles. The van der Waals surface area contributed by atoms with Crippen molar-refractivity contribution in [3.63, 3.8) is 0 Å². The third kappa shape index (κ3) is 5.84. The van der Waals surface area contributed by atoms with Gasteiger partial charge in [-0.3, -0.25) is 4.72 Å². The molecule has 6 nitrogen and oxygen atoms in total. The molecule has 1 atom stereocenters. The van der Waals surface area contributed by atoms with Gasteiger partial charge in [0.2, 0.25) is 0 Å². The van der Waals surface area contributed by atoms with Crippen molar-refractivity contribution in [2.45, 2.75) is 24.7 Å². The van der Waals surface area contributed by atoms with Gasteiger partial charge in [0, 0.05) is 19.8 Å². The molecule has 0 amide bonds. The summed E-state index contributed by atoms with van der Waals surface area (Å²) in [6.45, 7) is 4.47. The minimum absolute atomic E-state index is 0.150. The van der Waals surface area contributed by atoms with Crippen molar-refractivity contribution in [1.82, 2.24) is 4.98 Å². The average molecular weight is 510 g/mol. The van der Waals surface area contributed by atoms with Crippen molar-refractivity contribution in [1.29, 1.82) is 0 Å². The Bertz CT molecular complexity index is 1150. The largest absolute Gasteiger partial charge is 0.495 e. The number of methoxy groups -OCH3 is 1. The van der Waals surface area contributed by atoms with Crippen molar-refractivity contribution < 1.29 is 18.1 Å². The lowest BCUT2D eigenvalue weighted by Gasteiger charge is -2.21.